The van der Waals surface area contributed by atoms with Crippen LogP contribution in [-0.4, -0.2) is 29.3 Å². The van der Waals surface area contributed by atoms with Crippen LogP contribution in [0.1, 0.15) is 12.8 Å². The highest BCUT2D eigenvalue weighted by Crippen LogP contribution is 2.31. The van der Waals surface area contributed by atoms with Gasteiger partial charge in [0.1, 0.15) is 0 Å². The number of fused-ring (bicyclic) bond motifs is 1. The Labute approximate surface area is 109 Å². The first-order valence-electron chi connectivity index (χ1n) is 5.71. The van der Waals surface area contributed by atoms with E-state index in [4.69, 9.17) is 11.6 Å². The number of halogens is 1. The van der Waals surface area contributed by atoms with Crippen LogP contribution < -0.4 is 4.90 Å². The third kappa shape index (κ3) is 2.25. The molecule has 2 aromatic rings. The summed E-state index contributed by atoms with van der Waals surface area (Å²) in [5, 5.41) is 11.4. The molecule has 1 aliphatic heterocycles. The van der Waals surface area contributed by atoms with Gasteiger partial charge in [-0.3, -0.25) is 0 Å². The van der Waals surface area contributed by atoms with Crippen molar-refractivity contribution >= 4 is 38.3 Å². The molecule has 1 saturated heterocycles. The molecule has 1 aliphatic rings. The van der Waals surface area contributed by atoms with E-state index in [9.17, 15) is 5.11 Å². The summed E-state index contributed by atoms with van der Waals surface area (Å²) in [5.74, 6) is 0. The molecule has 3 rings (SSSR count). The largest absolute Gasteiger partial charge is 0.391 e. The van der Waals surface area contributed by atoms with E-state index in [1.54, 1.807) is 11.3 Å². The maximum atomic E-state index is 9.67. The predicted molar refractivity (Wildman–Crippen MR) is 72.1 cm³/mol. The van der Waals surface area contributed by atoms with Gasteiger partial charge in [0.2, 0.25) is 0 Å². The predicted octanol–water partition coefficient (Wildman–Crippen LogP) is 2.91. The molecule has 90 valence electrons. The summed E-state index contributed by atoms with van der Waals surface area (Å²) in [7, 11) is 0. The average Bonchev–Trinajstić information content (AvgIpc) is 2.72. The lowest BCUT2D eigenvalue weighted by Crippen LogP contribution is -2.38. The number of aliphatic hydroxyl groups excluding tert-OH is 1. The summed E-state index contributed by atoms with van der Waals surface area (Å²) in [6.07, 6.45) is 1.70. The van der Waals surface area contributed by atoms with E-state index in [2.05, 4.69) is 9.88 Å². The van der Waals surface area contributed by atoms with E-state index < -0.39 is 0 Å². The highest BCUT2D eigenvalue weighted by molar-refractivity contribution is 7.22. The molecule has 1 aromatic heterocycles. The molecule has 0 bridgehead atoms. The van der Waals surface area contributed by atoms with Gasteiger partial charge in [0.15, 0.2) is 5.13 Å². The molecule has 0 saturated carbocycles. The van der Waals surface area contributed by atoms with Gasteiger partial charge in [-0.1, -0.05) is 22.9 Å². The number of nitrogens with zero attached hydrogens (tertiary/aromatic N) is 2. The second kappa shape index (κ2) is 4.44. The number of hydrogen-bond acceptors (Lipinski definition) is 4. The first kappa shape index (κ1) is 11.3. The summed E-state index contributed by atoms with van der Waals surface area (Å²) in [5.41, 5.74) is 0.981. The number of aromatic nitrogens is 1. The van der Waals surface area contributed by atoms with Crippen LogP contribution in [0.4, 0.5) is 5.13 Å². The zero-order valence-corrected chi connectivity index (χ0v) is 10.8. The highest BCUT2D eigenvalue weighted by atomic mass is 35.5. The van der Waals surface area contributed by atoms with Crippen molar-refractivity contribution in [1.29, 1.82) is 0 Å². The molecule has 3 nitrogen and oxygen atoms in total. The second-order valence-electron chi connectivity index (χ2n) is 4.35. The van der Waals surface area contributed by atoms with Crippen molar-refractivity contribution in [3.63, 3.8) is 0 Å². The fourth-order valence-electron chi connectivity index (χ4n) is 2.15. The molecule has 0 amide bonds. The molecule has 1 N–H and O–H groups in total. The first-order valence-corrected chi connectivity index (χ1v) is 6.91. The van der Waals surface area contributed by atoms with Gasteiger partial charge in [-0.2, -0.15) is 0 Å². The van der Waals surface area contributed by atoms with Gasteiger partial charge in [-0.25, -0.2) is 4.98 Å². The van der Waals surface area contributed by atoms with Crippen LogP contribution in [-0.2, 0) is 0 Å². The molecule has 0 aliphatic carbocycles. The van der Waals surface area contributed by atoms with Crippen molar-refractivity contribution in [2.24, 2.45) is 0 Å². The second-order valence-corrected chi connectivity index (χ2v) is 5.80. The molecule has 1 atom stereocenters. The minimum atomic E-state index is -0.223. The number of benzene rings is 1. The summed E-state index contributed by atoms with van der Waals surface area (Å²) in [6, 6.07) is 5.74. The Morgan fingerprint density at radius 1 is 1.47 bits per heavy atom. The number of thiazole rings is 1. The molecule has 0 spiro atoms. The molecular weight excluding hydrogens is 256 g/mol. The van der Waals surface area contributed by atoms with Crippen LogP contribution in [0.15, 0.2) is 18.2 Å². The van der Waals surface area contributed by atoms with Gasteiger partial charge in [0, 0.05) is 18.1 Å². The van der Waals surface area contributed by atoms with Crippen LogP contribution >= 0.6 is 22.9 Å². The highest BCUT2D eigenvalue weighted by Gasteiger charge is 2.20. The smallest absolute Gasteiger partial charge is 0.186 e. The van der Waals surface area contributed by atoms with Crippen molar-refractivity contribution in [3.8, 4) is 0 Å². The Bertz CT molecular complexity index is 542. The van der Waals surface area contributed by atoms with Crippen LogP contribution in [0.5, 0.6) is 0 Å². The lowest BCUT2D eigenvalue weighted by molar-refractivity contribution is 0.154. The number of hydrogen-bond donors (Lipinski definition) is 1. The number of aliphatic hydroxyl groups is 1. The van der Waals surface area contributed by atoms with Gasteiger partial charge < -0.3 is 10.0 Å². The van der Waals surface area contributed by atoms with E-state index in [0.29, 0.717) is 6.54 Å². The van der Waals surface area contributed by atoms with E-state index in [0.717, 1.165) is 39.8 Å². The quantitative estimate of drug-likeness (QED) is 0.864. The van der Waals surface area contributed by atoms with Gasteiger partial charge in [0.25, 0.3) is 0 Å². The van der Waals surface area contributed by atoms with Crippen LogP contribution in [0.3, 0.4) is 0 Å². The Morgan fingerprint density at radius 2 is 2.35 bits per heavy atom. The number of piperidine rings is 1. The number of β-amino-alcohol motifs (C(OH)–C–C–N with tert-alkyl or cyclic N) is 1. The molecular formula is C12H13ClN2OS. The fourth-order valence-corrected chi connectivity index (χ4v) is 3.43. The standard InChI is InChI=1S/C12H13ClN2OS/c13-8-3-4-10-11(6-8)17-12(14-10)15-5-1-2-9(16)7-15/h3-4,6,9,16H,1-2,5,7H2. The van der Waals surface area contributed by atoms with Crippen LogP contribution in [0, 0.1) is 0 Å². The molecule has 5 heteroatoms. The van der Waals surface area contributed by atoms with Gasteiger partial charge in [-0.05, 0) is 31.0 Å². The van der Waals surface area contributed by atoms with E-state index in [1.807, 2.05) is 18.2 Å². The van der Waals surface area contributed by atoms with Crippen molar-refractivity contribution in [2.75, 3.05) is 18.0 Å². The van der Waals surface area contributed by atoms with E-state index in [-0.39, 0.29) is 6.10 Å². The molecule has 1 fully saturated rings. The Hall–Kier alpha value is -0.840. The normalized spacial score (nSPS) is 21.1. The van der Waals surface area contributed by atoms with Crippen LogP contribution in [0.2, 0.25) is 5.02 Å². The van der Waals surface area contributed by atoms with Crippen LogP contribution in [0.25, 0.3) is 10.2 Å². The van der Waals surface area contributed by atoms with Gasteiger partial charge in [0.05, 0.1) is 16.3 Å². The Kier molecular flexibility index (Phi) is 2.94. The fraction of sp³-hybridized carbons (Fsp3) is 0.417. The third-order valence-corrected chi connectivity index (χ3v) is 4.32. The summed E-state index contributed by atoms with van der Waals surface area (Å²) < 4.78 is 1.10. The summed E-state index contributed by atoms with van der Waals surface area (Å²) >= 11 is 7.60. The molecule has 0 radical (unpaired) electrons. The average molecular weight is 269 g/mol. The maximum Gasteiger partial charge on any atom is 0.186 e. The number of anilines is 1. The molecule has 17 heavy (non-hydrogen) atoms. The van der Waals surface area contributed by atoms with Crippen molar-refractivity contribution in [2.45, 2.75) is 18.9 Å². The molecule has 1 aromatic carbocycles. The lowest BCUT2D eigenvalue weighted by atomic mass is 10.1. The topological polar surface area (TPSA) is 36.4 Å². The third-order valence-electron chi connectivity index (χ3n) is 3.01. The first-order chi connectivity index (χ1) is 8.22. The summed E-state index contributed by atoms with van der Waals surface area (Å²) in [4.78, 5) is 6.75. The minimum Gasteiger partial charge on any atom is -0.391 e. The Morgan fingerprint density at radius 3 is 3.18 bits per heavy atom. The van der Waals surface area contributed by atoms with Crippen molar-refractivity contribution in [3.05, 3.63) is 23.2 Å². The van der Waals surface area contributed by atoms with Gasteiger partial charge in [-0.15, -0.1) is 0 Å². The molecule has 1 unspecified atom stereocenters. The zero-order valence-electron chi connectivity index (χ0n) is 9.27. The van der Waals surface area contributed by atoms with Gasteiger partial charge >= 0.3 is 0 Å². The van der Waals surface area contributed by atoms with Crippen molar-refractivity contribution < 1.29 is 5.11 Å². The Balaban J connectivity index is 1.94. The van der Waals surface area contributed by atoms with E-state index in [1.165, 1.54) is 0 Å². The summed E-state index contributed by atoms with van der Waals surface area (Å²) in [6.45, 7) is 1.66. The zero-order chi connectivity index (χ0) is 11.8. The monoisotopic (exact) mass is 268 g/mol. The minimum absolute atomic E-state index is 0.223. The number of rotatable bonds is 1. The molecule has 2 heterocycles. The lowest BCUT2D eigenvalue weighted by Gasteiger charge is -2.29. The van der Waals surface area contributed by atoms with Crippen molar-refractivity contribution in [1.82, 2.24) is 4.98 Å². The SMILES string of the molecule is OC1CCCN(c2nc3ccc(Cl)cc3s2)C1. The van der Waals surface area contributed by atoms with E-state index >= 15 is 0 Å². The maximum absolute atomic E-state index is 9.67.